The van der Waals surface area contributed by atoms with Crippen molar-refractivity contribution < 1.29 is 0 Å². The smallest absolute Gasteiger partial charge is 0.222 e. The molecule has 5 nitrogen and oxygen atoms in total. The average molecular weight is 351 g/mol. The fraction of sp³-hybridized carbons (Fsp3) is 0. The van der Waals surface area contributed by atoms with Crippen LogP contribution in [0.25, 0.3) is 10.9 Å². The van der Waals surface area contributed by atoms with Crippen molar-refractivity contribution in [2.24, 2.45) is 0 Å². The van der Waals surface area contributed by atoms with E-state index < -0.39 is 0 Å². The average Bonchev–Trinajstić information content (AvgIpc) is 2.43. The lowest BCUT2D eigenvalue weighted by molar-refractivity contribution is 1.18. The van der Waals surface area contributed by atoms with E-state index in [0.29, 0.717) is 10.8 Å². The molecule has 0 aliphatic rings. The molecule has 2 aromatic heterocycles. The summed E-state index contributed by atoms with van der Waals surface area (Å²) in [6.07, 6.45) is 3.20. The van der Waals surface area contributed by atoms with Crippen molar-refractivity contribution in [3.8, 4) is 0 Å². The molecule has 100 valence electrons. The second-order valence-electron chi connectivity index (χ2n) is 4.08. The van der Waals surface area contributed by atoms with E-state index in [1.54, 1.807) is 6.20 Å². The number of aromatic nitrogens is 3. The zero-order valence-corrected chi connectivity index (χ0v) is 12.5. The lowest BCUT2D eigenvalue weighted by atomic mass is 10.2. The molecule has 3 aromatic rings. The summed E-state index contributed by atoms with van der Waals surface area (Å²) in [4.78, 5) is 12.3. The maximum Gasteiger partial charge on any atom is 0.222 e. The van der Waals surface area contributed by atoms with Gasteiger partial charge in [-0.1, -0.05) is 23.7 Å². The minimum absolute atomic E-state index is 0.160. The molecule has 0 saturated heterocycles. The summed E-state index contributed by atoms with van der Waals surface area (Å²) in [5.74, 6) is 0.615. The molecule has 0 atom stereocenters. The van der Waals surface area contributed by atoms with Gasteiger partial charge in [0, 0.05) is 16.1 Å². The fourth-order valence-corrected chi connectivity index (χ4v) is 2.32. The zero-order valence-electron chi connectivity index (χ0n) is 10.1. The van der Waals surface area contributed by atoms with E-state index in [4.69, 9.17) is 17.3 Å². The number of pyridine rings is 1. The topological polar surface area (TPSA) is 76.7 Å². The first-order valence-corrected chi connectivity index (χ1v) is 6.90. The van der Waals surface area contributed by atoms with Crippen molar-refractivity contribution in [2.75, 3.05) is 11.1 Å². The Morgan fingerprint density at radius 3 is 2.90 bits per heavy atom. The minimum atomic E-state index is 0.160. The van der Waals surface area contributed by atoms with E-state index >= 15 is 0 Å². The van der Waals surface area contributed by atoms with Gasteiger partial charge in [-0.05, 0) is 28.1 Å². The molecule has 0 amide bonds. The molecule has 20 heavy (non-hydrogen) atoms. The number of benzene rings is 1. The number of para-hydroxylation sites is 1. The monoisotopic (exact) mass is 349 g/mol. The predicted octanol–water partition coefficient (Wildman–Crippen LogP) is 3.77. The summed E-state index contributed by atoms with van der Waals surface area (Å²) in [5.41, 5.74) is 7.19. The predicted molar refractivity (Wildman–Crippen MR) is 84.2 cm³/mol. The van der Waals surface area contributed by atoms with Gasteiger partial charge >= 0.3 is 0 Å². The number of anilines is 3. The van der Waals surface area contributed by atoms with Crippen molar-refractivity contribution >= 4 is 55.9 Å². The highest BCUT2D eigenvalue weighted by atomic mass is 79.9. The van der Waals surface area contributed by atoms with E-state index in [0.717, 1.165) is 21.1 Å². The Balaban J connectivity index is 2.09. The standard InChI is InChI=1S/C13H9BrClN5/c14-8-4-7-2-1-3-10(11(7)17-5-8)19-12-9(15)6-18-13(16)20-12/h1-6H,(H3,16,18,19,20). The number of hydrogen-bond donors (Lipinski definition) is 2. The highest BCUT2D eigenvalue weighted by Gasteiger charge is 2.08. The molecule has 3 rings (SSSR count). The number of halogens is 2. The summed E-state index contributed by atoms with van der Waals surface area (Å²) in [5, 5.41) is 4.53. The molecule has 0 spiro atoms. The van der Waals surface area contributed by atoms with Crippen LogP contribution in [0.1, 0.15) is 0 Å². The van der Waals surface area contributed by atoms with Crippen molar-refractivity contribution in [3.63, 3.8) is 0 Å². The summed E-state index contributed by atoms with van der Waals surface area (Å²) in [7, 11) is 0. The summed E-state index contributed by atoms with van der Waals surface area (Å²) >= 11 is 9.46. The van der Waals surface area contributed by atoms with Crippen LogP contribution in [0.5, 0.6) is 0 Å². The third-order valence-corrected chi connectivity index (χ3v) is 3.40. The lowest BCUT2D eigenvalue weighted by Crippen LogP contribution is -2.01. The van der Waals surface area contributed by atoms with E-state index in [-0.39, 0.29) is 5.95 Å². The Morgan fingerprint density at radius 2 is 2.05 bits per heavy atom. The molecule has 0 bridgehead atoms. The number of nitrogens with two attached hydrogens (primary N) is 1. The van der Waals surface area contributed by atoms with Crippen LogP contribution in [0.2, 0.25) is 5.02 Å². The van der Waals surface area contributed by atoms with Crippen molar-refractivity contribution in [1.82, 2.24) is 15.0 Å². The molecule has 3 N–H and O–H groups in total. The highest BCUT2D eigenvalue weighted by Crippen LogP contribution is 2.28. The van der Waals surface area contributed by atoms with Crippen molar-refractivity contribution in [1.29, 1.82) is 0 Å². The minimum Gasteiger partial charge on any atom is -0.368 e. The summed E-state index contributed by atoms with van der Waals surface area (Å²) in [6.45, 7) is 0. The third-order valence-electron chi connectivity index (χ3n) is 2.69. The van der Waals surface area contributed by atoms with Gasteiger partial charge in [-0.3, -0.25) is 4.98 Å². The van der Waals surface area contributed by atoms with E-state index in [9.17, 15) is 0 Å². The van der Waals surface area contributed by atoms with Crippen LogP contribution < -0.4 is 11.1 Å². The SMILES string of the molecule is Nc1ncc(Cl)c(Nc2cccc3cc(Br)cnc23)n1. The van der Waals surface area contributed by atoms with E-state index in [1.165, 1.54) is 6.20 Å². The van der Waals surface area contributed by atoms with E-state index in [2.05, 4.69) is 36.2 Å². The van der Waals surface area contributed by atoms with Gasteiger partial charge in [-0.25, -0.2) is 4.98 Å². The Kier molecular flexibility index (Phi) is 3.42. The fourth-order valence-electron chi connectivity index (χ4n) is 1.83. The number of hydrogen-bond acceptors (Lipinski definition) is 5. The van der Waals surface area contributed by atoms with Crippen molar-refractivity contribution in [3.05, 3.63) is 46.2 Å². The first-order chi connectivity index (χ1) is 9.63. The molecule has 0 radical (unpaired) electrons. The molecule has 0 saturated carbocycles. The van der Waals surface area contributed by atoms with Gasteiger partial charge in [0.25, 0.3) is 0 Å². The first kappa shape index (κ1) is 13.1. The quantitative estimate of drug-likeness (QED) is 0.736. The number of rotatable bonds is 2. The first-order valence-electron chi connectivity index (χ1n) is 5.73. The molecule has 7 heteroatoms. The molecule has 0 fully saturated rings. The van der Waals surface area contributed by atoms with Crippen LogP contribution in [-0.4, -0.2) is 15.0 Å². The van der Waals surface area contributed by atoms with Crippen LogP contribution in [0, 0.1) is 0 Å². The molecule has 2 heterocycles. The van der Waals surface area contributed by atoms with Gasteiger partial charge in [0.05, 0.1) is 17.4 Å². The van der Waals surface area contributed by atoms with Crippen LogP contribution >= 0.6 is 27.5 Å². The largest absolute Gasteiger partial charge is 0.368 e. The Morgan fingerprint density at radius 1 is 1.20 bits per heavy atom. The molecule has 1 aromatic carbocycles. The van der Waals surface area contributed by atoms with Crippen molar-refractivity contribution in [2.45, 2.75) is 0 Å². The number of nitrogens with one attached hydrogen (secondary N) is 1. The van der Waals surface area contributed by atoms with Gasteiger partial charge in [0.15, 0.2) is 5.82 Å². The molecular formula is C13H9BrClN5. The molecular weight excluding hydrogens is 342 g/mol. The maximum absolute atomic E-state index is 6.05. The molecule has 0 aliphatic heterocycles. The van der Waals surface area contributed by atoms with E-state index in [1.807, 2.05) is 24.3 Å². The highest BCUT2D eigenvalue weighted by molar-refractivity contribution is 9.10. The Labute approximate surface area is 128 Å². The molecule has 0 unspecified atom stereocenters. The third kappa shape index (κ3) is 2.52. The van der Waals surface area contributed by atoms with Gasteiger partial charge in [-0.2, -0.15) is 4.98 Å². The van der Waals surface area contributed by atoms with Gasteiger partial charge < -0.3 is 11.1 Å². The number of nitrogens with zero attached hydrogens (tertiary/aromatic N) is 3. The van der Waals surface area contributed by atoms with Crippen LogP contribution in [0.3, 0.4) is 0 Å². The maximum atomic E-state index is 6.05. The van der Waals surface area contributed by atoms with Gasteiger partial charge in [0.1, 0.15) is 5.02 Å². The van der Waals surface area contributed by atoms with Crippen LogP contribution in [0.4, 0.5) is 17.5 Å². The Bertz CT molecular complexity index is 793. The Hall–Kier alpha value is -1.92. The van der Waals surface area contributed by atoms with Gasteiger partial charge in [-0.15, -0.1) is 0 Å². The molecule has 0 aliphatic carbocycles. The summed E-state index contributed by atoms with van der Waals surface area (Å²) < 4.78 is 0.923. The zero-order chi connectivity index (χ0) is 14.1. The summed E-state index contributed by atoms with van der Waals surface area (Å²) in [6, 6.07) is 7.80. The second-order valence-corrected chi connectivity index (χ2v) is 5.40. The van der Waals surface area contributed by atoms with Gasteiger partial charge in [0.2, 0.25) is 5.95 Å². The van der Waals surface area contributed by atoms with Crippen LogP contribution in [0.15, 0.2) is 41.1 Å². The second kappa shape index (κ2) is 5.22. The number of fused-ring (bicyclic) bond motifs is 1. The normalized spacial score (nSPS) is 10.7. The lowest BCUT2D eigenvalue weighted by Gasteiger charge is -2.10. The number of nitrogen functional groups attached to an aromatic ring is 1. The van der Waals surface area contributed by atoms with Crippen LogP contribution in [-0.2, 0) is 0 Å².